The Labute approximate surface area is 177 Å². The maximum absolute atomic E-state index is 3.49. The van der Waals surface area contributed by atoms with Gasteiger partial charge in [0.25, 0.3) is 0 Å². The van der Waals surface area contributed by atoms with Gasteiger partial charge in [0.2, 0.25) is 11.2 Å². The molecule has 1 aromatic heterocycles. The molecule has 1 aliphatic heterocycles. The first-order chi connectivity index (χ1) is 13.3. The summed E-state index contributed by atoms with van der Waals surface area (Å²) in [6, 6.07) is 19.3. The lowest BCUT2D eigenvalue weighted by Crippen LogP contribution is -3.00. The van der Waals surface area contributed by atoms with Crippen LogP contribution in [0, 0.1) is 0 Å². The smallest absolute Gasteiger partial charge is 0.212 e. The molecule has 2 heterocycles. The van der Waals surface area contributed by atoms with Crippen molar-refractivity contribution < 1.29 is 21.5 Å². The average molecular weight is 433 g/mol. The predicted molar refractivity (Wildman–Crippen MR) is 115 cm³/mol. The summed E-state index contributed by atoms with van der Waals surface area (Å²) in [6.45, 7) is 5.39. The van der Waals surface area contributed by atoms with Gasteiger partial charge in [-0.25, -0.2) is 0 Å². The summed E-state index contributed by atoms with van der Waals surface area (Å²) in [5, 5.41) is 4.79. The predicted octanol–water partition coefficient (Wildman–Crippen LogP) is 2.75. The third-order valence-corrected chi connectivity index (χ3v) is 5.09. The molecular weight excluding hydrogens is 408 g/mol. The van der Waals surface area contributed by atoms with Crippen molar-refractivity contribution in [3.05, 3.63) is 95.3 Å². The summed E-state index contributed by atoms with van der Waals surface area (Å²) >= 11 is 0. The van der Waals surface area contributed by atoms with E-state index in [1.54, 1.807) is 0 Å². The van der Waals surface area contributed by atoms with Gasteiger partial charge in [-0.1, -0.05) is 49.4 Å². The van der Waals surface area contributed by atoms with Crippen LogP contribution >= 0.6 is 0 Å². The van der Waals surface area contributed by atoms with Crippen molar-refractivity contribution in [3.8, 4) is 0 Å². The topological polar surface area (TPSA) is 15.9 Å². The molecule has 0 atom stereocenters. The van der Waals surface area contributed by atoms with Gasteiger partial charge in [-0.15, -0.1) is 0 Å². The molecule has 3 aromatic rings. The molecule has 0 aliphatic carbocycles. The van der Waals surface area contributed by atoms with Gasteiger partial charge in [-0.3, -0.25) is 0 Å². The minimum Gasteiger partial charge on any atom is -1.00 e. The van der Waals surface area contributed by atoms with Crippen LogP contribution in [0.2, 0.25) is 0 Å². The second-order valence-corrected chi connectivity index (χ2v) is 6.74. The second kappa shape index (κ2) is 9.03. The molecule has 0 amide bonds. The van der Waals surface area contributed by atoms with Crippen LogP contribution in [0.1, 0.15) is 30.7 Å². The molecule has 1 aliphatic rings. The maximum Gasteiger partial charge on any atom is 0.212 e. The van der Waals surface area contributed by atoms with Crippen LogP contribution in [0.3, 0.4) is 0 Å². The lowest BCUT2D eigenvalue weighted by molar-refractivity contribution is -0.669. The number of anilines is 1. The van der Waals surface area contributed by atoms with E-state index in [2.05, 4.69) is 109 Å². The number of rotatable bonds is 4. The molecule has 2 nitrogen and oxygen atoms in total. The van der Waals surface area contributed by atoms with E-state index < -0.39 is 0 Å². The summed E-state index contributed by atoms with van der Waals surface area (Å²) in [5.41, 5.74) is 7.44. The van der Waals surface area contributed by atoms with Crippen LogP contribution in [0.4, 0.5) is 5.69 Å². The molecule has 0 saturated heterocycles. The van der Waals surface area contributed by atoms with Gasteiger partial charge in [-0.2, -0.15) is 4.57 Å². The highest BCUT2D eigenvalue weighted by molar-refractivity contribution is 5.78. The van der Waals surface area contributed by atoms with Crippen molar-refractivity contribution in [2.75, 3.05) is 5.32 Å². The van der Waals surface area contributed by atoms with Crippen LogP contribution in [0.15, 0.2) is 78.5 Å². The van der Waals surface area contributed by atoms with Gasteiger partial charge in [0, 0.05) is 34.5 Å². The van der Waals surface area contributed by atoms with E-state index in [4.69, 9.17) is 0 Å². The quantitative estimate of drug-likeness (QED) is 0.626. The summed E-state index contributed by atoms with van der Waals surface area (Å²) in [5.74, 6) is 0. The zero-order valence-corrected chi connectivity index (χ0v) is 17.9. The van der Waals surface area contributed by atoms with Crippen LogP contribution in [0.25, 0.3) is 23.1 Å². The molecular formula is C25H25BrN2. The third kappa shape index (κ3) is 3.95. The highest BCUT2D eigenvalue weighted by atomic mass is 79.9. The lowest BCUT2D eigenvalue weighted by Gasteiger charge is -2.14. The number of halogens is 1. The molecule has 0 bridgehead atoms. The number of pyridine rings is 1. The van der Waals surface area contributed by atoms with Crippen LogP contribution < -0.4 is 26.9 Å². The first-order valence-corrected chi connectivity index (χ1v) is 9.67. The normalized spacial score (nSPS) is 14.1. The van der Waals surface area contributed by atoms with E-state index in [-0.39, 0.29) is 17.0 Å². The standard InChI is InChI=1S/C25H24N2.BrH/c1-3-19-18-21-11-6-8-14-25(21)27(4-2)24(19)15-9-12-22-17-16-20-10-5-7-13-23(20)26-22;/h5-18H,3-4H2,1-2H3;1H. The summed E-state index contributed by atoms with van der Waals surface area (Å²) in [6.07, 6.45) is 11.8. The Morgan fingerprint density at radius 2 is 1.75 bits per heavy atom. The molecule has 28 heavy (non-hydrogen) atoms. The molecule has 2 aromatic carbocycles. The van der Waals surface area contributed by atoms with E-state index in [9.17, 15) is 0 Å². The van der Waals surface area contributed by atoms with E-state index in [1.807, 2.05) is 0 Å². The van der Waals surface area contributed by atoms with Crippen molar-refractivity contribution >= 4 is 28.7 Å². The maximum atomic E-state index is 3.49. The fourth-order valence-corrected chi connectivity index (χ4v) is 3.71. The number of nitrogens with one attached hydrogen (secondary N) is 1. The Bertz CT molecular complexity index is 1080. The van der Waals surface area contributed by atoms with Crippen LogP contribution in [-0.4, -0.2) is 0 Å². The molecule has 142 valence electrons. The number of para-hydroxylation sites is 2. The minimum atomic E-state index is 0. The van der Waals surface area contributed by atoms with Crippen molar-refractivity contribution in [2.45, 2.75) is 26.8 Å². The number of nitrogens with zero attached hydrogens (tertiary/aromatic N) is 1. The number of allylic oxidation sites excluding steroid dienone is 3. The fraction of sp³-hybridized carbons (Fsp3) is 0.160. The Kier molecular flexibility index (Phi) is 6.48. The Balaban J connectivity index is 0.00000225. The zero-order valence-electron chi connectivity index (χ0n) is 16.3. The van der Waals surface area contributed by atoms with Gasteiger partial charge in [0.15, 0.2) is 0 Å². The van der Waals surface area contributed by atoms with E-state index >= 15 is 0 Å². The summed E-state index contributed by atoms with van der Waals surface area (Å²) in [4.78, 5) is 0. The molecule has 0 unspecified atom stereocenters. The minimum absolute atomic E-state index is 0. The van der Waals surface area contributed by atoms with E-state index in [0.717, 1.165) is 24.4 Å². The summed E-state index contributed by atoms with van der Waals surface area (Å²) in [7, 11) is 0. The Morgan fingerprint density at radius 1 is 0.964 bits per heavy atom. The van der Waals surface area contributed by atoms with E-state index in [0.29, 0.717) is 0 Å². The van der Waals surface area contributed by atoms with Gasteiger partial charge >= 0.3 is 0 Å². The summed E-state index contributed by atoms with van der Waals surface area (Å²) < 4.78 is 2.41. The molecule has 1 N–H and O–H groups in total. The largest absolute Gasteiger partial charge is 1.00 e. The van der Waals surface area contributed by atoms with Crippen molar-refractivity contribution in [1.82, 2.24) is 0 Å². The second-order valence-electron chi connectivity index (χ2n) is 6.74. The molecule has 0 spiro atoms. The SMILES string of the molecule is CCc1cc2ccccc2[n+](CC)c1C=CC=C1C=Cc2ccccc2N1.[Br-]. The zero-order chi connectivity index (χ0) is 18.6. The monoisotopic (exact) mass is 432 g/mol. The average Bonchev–Trinajstić information content (AvgIpc) is 2.73. The van der Waals surface area contributed by atoms with Gasteiger partial charge in [0.05, 0.1) is 0 Å². The molecule has 0 saturated carbocycles. The Morgan fingerprint density at radius 3 is 2.57 bits per heavy atom. The molecule has 3 heteroatoms. The first-order valence-electron chi connectivity index (χ1n) is 9.67. The van der Waals surface area contributed by atoms with Crippen molar-refractivity contribution in [2.24, 2.45) is 0 Å². The van der Waals surface area contributed by atoms with Gasteiger partial charge < -0.3 is 22.3 Å². The van der Waals surface area contributed by atoms with E-state index in [1.165, 1.54) is 27.7 Å². The lowest BCUT2D eigenvalue weighted by atomic mass is 10.0. The number of hydrogen-bond donors (Lipinski definition) is 1. The molecule has 4 rings (SSSR count). The number of benzene rings is 2. The van der Waals surface area contributed by atoms with Gasteiger partial charge in [0.1, 0.15) is 6.54 Å². The third-order valence-electron chi connectivity index (χ3n) is 5.09. The number of hydrogen-bond acceptors (Lipinski definition) is 1. The number of aromatic nitrogens is 1. The number of aryl methyl sites for hydroxylation is 2. The fourth-order valence-electron chi connectivity index (χ4n) is 3.71. The highest BCUT2D eigenvalue weighted by Crippen LogP contribution is 2.24. The first kappa shape index (κ1) is 20.1. The number of fused-ring (bicyclic) bond motifs is 2. The Hall–Kier alpha value is -2.65. The van der Waals surface area contributed by atoms with Crippen LogP contribution in [0.5, 0.6) is 0 Å². The molecule has 0 radical (unpaired) electrons. The van der Waals surface area contributed by atoms with Crippen LogP contribution in [-0.2, 0) is 13.0 Å². The highest BCUT2D eigenvalue weighted by Gasteiger charge is 2.16. The van der Waals surface area contributed by atoms with Crippen molar-refractivity contribution in [1.29, 1.82) is 0 Å². The van der Waals surface area contributed by atoms with Gasteiger partial charge in [-0.05, 0) is 49.3 Å². The molecule has 0 fully saturated rings. The van der Waals surface area contributed by atoms with Crippen molar-refractivity contribution in [3.63, 3.8) is 0 Å².